The lowest BCUT2D eigenvalue weighted by Gasteiger charge is -2.17. The first kappa shape index (κ1) is 24.3. The summed E-state index contributed by atoms with van der Waals surface area (Å²) in [5.74, 6) is 1.71. The predicted octanol–water partition coefficient (Wildman–Crippen LogP) is 3.54. The Morgan fingerprint density at radius 2 is 1.82 bits per heavy atom. The number of ether oxygens (including phenoxy) is 1. The van der Waals surface area contributed by atoms with Crippen LogP contribution in [-0.4, -0.2) is 47.3 Å². The Labute approximate surface area is 194 Å². The van der Waals surface area contributed by atoms with Crippen molar-refractivity contribution in [2.45, 2.75) is 19.0 Å². The minimum atomic E-state index is -4.81. The molecule has 0 radical (unpaired) electrons. The number of aromatic nitrogens is 3. The summed E-state index contributed by atoms with van der Waals surface area (Å²) in [6, 6.07) is 10.1. The molecule has 34 heavy (non-hydrogen) atoms. The molecule has 0 spiro atoms. The number of rotatable bonds is 9. The normalized spacial score (nSPS) is 13.3. The number of nitrogens with zero attached hydrogens (tertiary/aromatic N) is 2. The molecule has 4 aromatic rings. The lowest BCUT2D eigenvalue weighted by Crippen LogP contribution is -2.06. The smallest absolute Gasteiger partial charge is 0.335 e. The van der Waals surface area contributed by atoms with Crippen molar-refractivity contribution in [3.63, 3.8) is 0 Å². The van der Waals surface area contributed by atoms with E-state index in [0.29, 0.717) is 41.3 Å². The van der Waals surface area contributed by atoms with Crippen molar-refractivity contribution in [3.8, 4) is 17.2 Å². The highest BCUT2D eigenvalue weighted by atomic mass is 31.2. The van der Waals surface area contributed by atoms with Crippen LogP contribution >= 0.6 is 15.2 Å². The van der Waals surface area contributed by atoms with Gasteiger partial charge in [0.1, 0.15) is 17.2 Å². The van der Waals surface area contributed by atoms with Gasteiger partial charge in [-0.25, -0.2) is 4.98 Å². The minimum Gasteiger partial charge on any atom is -0.493 e. The van der Waals surface area contributed by atoms with Gasteiger partial charge in [-0.1, -0.05) is 0 Å². The van der Waals surface area contributed by atoms with Gasteiger partial charge in [0.05, 0.1) is 18.5 Å². The van der Waals surface area contributed by atoms with E-state index in [1.54, 1.807) is 30.6 Å². The van der Waals surface area contributed by atoms with Crippen molar-refractivity contribution < 1.29 is 37.9 Å². The van der Waals surface area contributed by atoms with E-state index in [4.69, 9.17) is 9.15 Å². The zero-order valence-electron chi connectivity index (χ0n) is 18.0. The van der Waals surface area contributed by atoms with Gasteiger partial charge in [0.25, 0.3) is 0 Å². The maximum atomic E-state index is 11.8. The number of aryl methyl sites for hydroxylation is 1. The van der Waals surface area contributed by atoms with Crippen LogP contribution in [0.2, 0.25) is 0 Å². The molecule has 3 aromatic heterocycles. The Morgan fingerprint density at radius 3 is 2.50 bits per heavy atom. The SMILES string of the molecule is Cc1oc(-c2ccncc2)nc1CCOc1ccc2cc(C(CP(=O)(O)O)P(=O)(O)O)[nH]c2c1. The minimum absolute atomic E-state index is 0.0469. The predicted molar refractivity (Wildman–Crippen MR) is 124 cm³/mol. The lowest BCUT2D eigenvalue weighted by atomic mass is 10.2. The van der Waals surface area contributed by atoms with Crippen molar-refractivity contribution in [1.82, 2.24) is 15.0 Å². The van der Waals surface area contributed by atoms with Gasteiger partial charge in [0.15, 0.2) is 0 Å². The van der Waals surface area contributed by atoms with Crippen molar-refractivity contribution in [1.29, 1.82) is 0 Å². The van der Waals surface area contributed by atoms with Crippen LogP contribution in [0.1, 0.15) is 22.8 Å². The number of oxazole rings is 1. The third kappa shape index (κ3) is 5.82. The largest absolute Gasteiger partial charge is 0.493 e. The van der Waals surface area contributed by atoms with Crippen LogP contribution in [-0.2, 0) is 15.6 Å². The van der Waals surface area contributed by atoms with Crippen LogP contribution in [0, 0.1) is 6.92 Å². The Kier molecular flexibility index (Phi) is 6.78. The van der Waals surface area contributed by atoms with Gasteiger partial charge in [-0.15, -0.1) is 0 Å². The Balaban J connectivity index is 1.46. The first-order valence-electron chi connectivity index (χ1n) is 10.2. The molecule has 0 bridgehead atoms. The molecule has 0 amide bonds. The monoisotopic (exact) mass is 507 g/mol. The van der Waals surface area contributed by atoms with Gasteiger partial charge >= 0.3 is 15.2 Å². The Morgan fingerprint density at radius 1 is 1.09 bits per heavy atom. The maximum Gasteiger partial charge on any atom is 0.335 e. The van der Waals surface area contributed by atoms with E-state index in [1.165, 1.54) is 6.07 Å². The van der Waals surface area contributed by atoms with E-state index in [9.17, 15) is 28.7 Å². The fourth-order valence-corrected chi connectivity index (χ4v) is 6.19. The number of nitrogens with one attached hydrogen (secondary N) is 1. The summed E-state index contributed by atoms with van der Waals surface area (Å²) in [6.45, 7) is 2.14. The van der Waals surface area contributed by atoms with Crippen LogP contribution in [0.3, 0.4) is 0 Å². The van der Waals surface area contributed by atoms with Crippen molar-refractivity contribution in [2.24, 2.45) is 0 Å². The van der Waals surface area contributed by atoms with Gasteiger partial charge in [0, 0.05) is 41.7 Å². The molecule has 0 saturated carbocycles. The number of benzene rings is 1. The molecule has 13 heteroatoms. The van der Waals surface area contributed by atoms with Crippen LogP contribution in [0.15, 0.2) is 53.2 Å². The summed E-state index contributed by atoms with van der Waals surface area (Å²) in [6.07, 6.45) is 2.85. The molecule has 4 rings (SSSR count). The second-order valence-electron chi connectivity index (χ2n) is 7.78. The first-order chi connectivity index (χ1) is 16.0. The molecule has 0 aliphatic carbocycles. The molecule has 3 heterocycles. The molecule has 5 N–H and O–H groups in total. The Bertz CT molecular complexity index is 1390. The zero-order chi connectivity index (χ0) is 24.5. The number of H-pyrrole nitrogens is 1. The molecule has 1 unspecified atom stereocenters. The molecule has 0 aliphatic rings. The third-order valence-electron chi connectivity index (χ3n) is 5.22. The van der Waals surface area contributed by atoms with Crippen LogP contribution in [0.25, 0.3) is 22.4 Å². The highest BCUT2D eigenvalue weighted by Crippen LogP contribution is 2.57. The van der Waals surface area contributed by atoms with Crippen LogP contribution < -0.4 is 4.74 Å². The lowest BCUT2D eigenvalue weighted by molar-refractivity contribution is 0.320. The van der Waals surface area contributed by atoms with E-state index < -0.39 is 27.0 Å². The van der Waals surface area contributed by atoms with E-state index in [-0.39, 0.29) is 5.69 Å². The van der Waals surface area contributed by atoms with Gasteiger partial charge in [-0.05, 0) is 42.6 Å². The molecular weight excluding hydrogens is 484 g/mol. The molecular formula is C21H23N3O8P2. The quantitative estimate of drug-likeness (QED) is 0.210. The number of hydrogen-bond donors (Lipinski definition) is 5. The average Bonchev–Trinajstić information content (AvgIpc) is 3.34. The number of pyridine rings is 1. The fourth-order valence-electron chi connectivity index (χ4n) is 3.55. The van der Waals surface area contributed by atoms with Crippen molar-refractivity contribution in [2.75, 3.05) is 12.8 Å². The molecule has 0 fully saturated rings. The summed E-state index contributed by atoms with van der Waals surface area (Å²) >= 11 is 0. The molecule has 0 saturated heterocycles. The number of aromatic amines is 1. The zero-order valence-corrected chi connectivity index (χ0v) is 19.8. The molecule has 11 nitrogen and oxygen atoms in total. The van der Waals surface area contributed by atoms with Crippen molar-refractivity contribution in [3.05, 3.63) is 65.9 Å². The molecule has 180 valence electrons. The Hall–Kier alpha value is -2.78. The summed E-state index contributed by atoms with van der Waals surface area (Å²) in [5, 5.41) is 0.626. The van der Waals surface area contributed by atoms with E-state index in [1.807, 2.05) is 19.1 Å². The van der Waals surface area contributed by atoms with E-state index in [0.717, 1.165) is 11.3 Å². The van der Waals surface area contributed by atoms with Gasteiger partial charge in [-0.2, -0.15) is 0 Å². The molecule has 1 aromatic carbocycles. The van der Waals surface area contributed by atoms with Crippen LogP contribution in [0.5, 0.6) is 5.75 Å². The van der Waals surface area contributed by atoms with E-state index >= 15 is 0 Å². The first-order valence-corrected chi connectivity index (χ1v) is 13.7. The maximum absolute atomic E-state index is 11.8. The van der Waals surface area contributed by atoms with Gasteiger partial charge in [-0.3, -0.25) is 14.1 Å². The van der Waals surface area contributed by atoms with E-state index in [2.05, 4.69) is 15.0 Å². The van der Waals surface area contributed by atoms with Gasteiger partial charge in [0.2, 0.25) is 5.89 Å². The fraction of sp³-hybridized carbons (Fsp3) is 0.238. The highest BCUT2D eigenvalue weighted by molar-refractivity contribution is 7.56. The summed E-state index contributed by atoms with van der Waals surface area (Å²) in [7, 11) is -9.47. The second kappa shape index (κ2) is 9.46. The second-order valence-corrected chi connectivity index (χ2v) is 11.3. The standard InChI is InChI=1S/C21H23N3O8P2/c1-13-17(24-21(32-13)14-4-7-22-8-5-14)6-9-31-16-3-2-15-10-19(23-18(15)11-16)20(34(28,29)30)12-33(25,26)27/h2-5,7-8,10-11,20,23H,6,9,12H2,1H3,(H2,25,26,27)(H2,28,29,30). The number of fused-ring (bicyclic) bond motifs is 1. The van der Waals surface area contributed by atoms with Gasteiger partial charge < -0.3 is 33.7 Å². The molecule has 1 atom stereocenters. The highest BCUT2D eigenvalue weighted by Gasteiger charge is 2.37. The van der Waals surface area contributed by atoms with Crippen molar-refractivity contribution >= 4 is 26.1 Å². The summed E-state index contributed by atoms with van der Waals surface area (Å²) in [4.78, 5) is 49.0. The average molecular weight is 507 g/mol. The summed E-state index contributed by atoms with van der Waals surface area (Å²) in [5.41, 5.74) is 0.511. The number of hydrogen-bond acceptors (Lipinski definition) is 6. The third-order valence-corrected chi connectivity index (χ3v) is 7.62. The molecule has 0 aliphatic heterocycles. The topological polar surface area (TPSA) is 179 Å². The summed E-state index contributed by atoms with van der Waals surface area (Å²) < 4.78 is 34.8. The van der Waals surface area contributed by atoms with Crippen LogP contribution in [0.4, 0.5) is 0 Å².